The van der Waals surface area contributed by atoms with Crippen molar-refractivity contribution in [3.05, 3.63) is 0 Å². The molecule has 2 aliphatic carbocycles. The van der Waals surface area contributed by atoms with Crippen molar-refractivity contribution in [1.29, 1.82) is 0 Å². The average Bonchev–Trinajstić information content (AvgIpc) is 3.38. The molecule has 5 heteroatoms. The van der Waals surface area contributed by atoms with Gasteiger partial charge in [0.2, 0.25) is 0 Å². The summed E-state index contributed by atoms with van der Waals surface area (Å²) in [4.78, 5) is 16.4. The van der Waals surface area contributed by atoms with E-state index in [0.717, 1.165) is 51.7 Å². The SMILES string of the molecule is CN1C[C@@H](COCC2CC2)[C@]2(CCN(C(=O)C3(F)CC3)C2)C1. The first-order chi connectivity index (χ1) is 10.5. The van der Waals surface area contributed by atoms with E-state index in [1.165, 1.54) is 12.8 Å². The van der Waals surface area contributed by atoms with Crippen molar-refractivity contribution in [3.63, 3.8) is 0 Å². The lowest BCUT2D eigenvalue weighted by Crippen LogP contribution is -2.41. The van der Waals surface area contributed by atoms with Gasteiger partial charge >= 0.3 is 0 Å². The number of hydrogen-bond donors (Lipinski definition) is 0. The zero-order valence-corrected chi connectivity index (χ0v) is 13.5. The number of carbonyl (C=O) groups excluding carboxylic acids is 1. The summed E-state index contributed by atoms with van der Waals surface area (Å²) in [6.45, 7) is 5.17. The summed E-state index contributed by atoms with van der Waals surface area (Å²) in [5, 5.41) is 0. The predicted octanol–water partition coefficient (Wildman–Crippen LogP) is 1.70. The molecule has 4 fully saturated rings. The van der Waals surface area contributed by atoms with Gasteiger partial charge in [-0.05, 0) is 45.1 Å². The third kappa shape index (κ3) is 2.67. The second kappa shape index (κ2) is 5.17. The Morgan fingerprint density at radius 2 is 2.00 bits per heavy atom. The fourth-order valence-corrected chi connectivity index (χ4v) is 4.33. The third-order valence-corrected chi connectivity index (χ3v) is 6.10. The summed E-state index contributed by atoms with van der Waals surface area (Å²) in [6, 6.07) is 0. The summed E-state index contributed by atoms with van der Waals surface area (Å²) in [6.07, 6.45) is 4.47. The first-order valence-corrected chi connectivity index (χ1v) is 8.75. The van der Waals surface area contributed by atoms with Gasteiger partial charge in [0, 0.05) is 44.1 Å². The topological polar surface area (TPSA) is 32.8 Å². The number of likely N-dealkylation sites (tertiary alicyclic amines) is 2. The molecule has 2 saturated carbocycles. The first kappa shape index (κ1) is 14.9. The molecule has 4 aliphatic rings. The van der Waals surface area contributed by atoms with E-state index >= 15 is 0 Å². The molecule has 0 unspecified atom stereocenters. The fourth-order valence-electron chi connectivity index (χ4n) is 4.33. The van der Waals surface area contributed by atoms with Crippen LogP contribution in [0.25, 0.3) is 0 Å². The van der Waals surface area contributed by atoms with Gasteiger partial charge in [0.25, 0.3) is 5.91 Å². The lowest BCUT2D eigenvalue weighted by Gasteiger charge is -2.30. The maximum atomic E-state index is 14.1. The lowest BCUT2D eigenvalue weighted by molar-refractivity contribution is -0.137. The minimum atomic E-state index is -1.52. The van der Waals surface area contributed by atoms with Crippen molar-refractivity contribution in [3.8, 4) is 0 Å². The molecule has 1 spiro atoms. The van der Waals surface area contributed by atoms with Crippen LogP contribution in [0.3, 0.4) is 0 Å². The van der Waals surface area contributed by atoms with Crippen molar-refractivity contribution in [2.75, 3.05) is 46.4 Å². The second-order valence-electron chi connectivity index (χ2n) is 8.18. The van der Waals surface area contributed by atoms with Crippen LogP contribution in [0.15, 0.2) is 0 Å². The summed E-state index contributed by atoms with van der Waals surface area (Å²) in [5.74, 6) is 1.01. The van der Waals surface area contributed by atoms with E-state index in [2.05, 4.69) is 11.9 Å². The number of ether oxygens (including phenoxy) is 1. The van der Waals surface area contributed by atoms with Crippen LogP contribution in [0.2, 0.25) is 0 Å². The molecule has 0 N–H and O–H groups in total. The van der Waals surface area contributed by atoms with Crippen LogP contribution >= 0.6 is 0 Å². The van der Waals surface area contributed by atoms with Crippen LogP contribution in [-0.4, -0.2) is 67.8 Å². The Morgan fingerprint density at radius 1 is 1.23 bits per heavy atom. The Kier molecular flexibility index (Phi) is 3.49. The van der Waals surface area contributed by atoms with E-state index in [1.54, 1.807) is 4.90 Å². The molecule has 2 aliphatic heterocycles. The quantitative estimate of drug-likeness (QED) is 0.775. The van der Waals surface area contributed by atoms with Crippen LogP contribution in [-0.2, 0) is 9.53 Å². The minimum absolute atomic E-state index is 0.124. The fraction of sp³-hybridized carbons (Fsp3) is 0.941. The monoisotopic (exact) mass is 310 g/mol. The van der Waals surface area contributed by atoms with Gasteiger partial charge in [0.15, 0.2) is 5.67 Å². The van der Waals surface area contributed by atoms with E-state index in [9.17, 15) is 9.18 Å². The Balaban J connectivity index is 1.38. The molecule has 22 heavy (non-hydrogen) atoms. The Hall–Kier alpha value is -0.680. The molecule has 2 heterocycles. The summed E-state index contributed by atoms with van der Waals surface area (Å²) < 4.78 is 20.0. The Bertz CT molecular complexity index is 464. The number of alkyl halides is 1. The highest BCUT2D eigenvalue weighted by atomic mass is 19.1. The number of halogens is 1. The summed E-state index contributed by atoms with van der Waals surface area (Å²) in [7, 11) is 2.14. The lowest BCUT2D eigenvalue weighted by atomic mass is 9.77. The molecule has 2 atom stereocenters. The number of nitrogens with zero attached hydrogens (tertiary/aromatic N) is 2. The van der Waals surface area contributed by atoms with Gasteiger partial charge < -0.3 is 14.5 Å². The van der Waals surface area contributed by atoms with Crippen molar-refractivity contribution in [2.45, 2.75) is 37.8 Å². The largest absolute Gasteiger partial charge is 0.381 e. The van der Waals surface area contributed by atoms with E-state index in [1.807, 2.05) is 0 Å². The van der Waals surface area contributed by atoms with Gasteiger partial charge in [-0.2, -0.15) is 0 Å². The van der Waals surface area contributed by atoms with E-state index in [4.69, 9.17) is 4.74 Å². The number of amides is 1. The molecule has 124 valence electrons. The second-order valence-corrected chi connectivity index (χ2v) is 8.18. The van der Waals surface area contributed by atoms with Gasteiger partial charge in [-0.1, -0.05) is 0 Å². The maximum Gasteiger partial charge on any atom is 0.260 e. The molecule has 2 saturated heterocycles. The smallest absolute Gasteiger partial charge is 0.260 e. The van der Waals surface area contributed by atoms with E-state index < -0.39 is 5.67 Å². The molecule has 0 aromatic carbocycles. The van der Waals surface area contributed by atoms with Gasteiger partial charge in [-0.3, -0.25) is 4.79 Å². The molecule has 0 radical (unpaired) electrons. The zero-order chi connectivity index (χ0) is 15.4. The third-order valence-electron chi connectivity index (χ3n) is 6.10. The van der Waals surface area contributed by atoms with Crippen molar-refractivity contribution < 1.29 is 13.9 Å². The number of carbonyl (C=O) groups is 1. The molecule has 0 aromatic rings. The van der Waals surface area contributed by atoms with Crippen LogP contribution in [0.5, 0.6) is 0 Å². The molecule has 1 amide bonds. The molecular formula is C17H27FN2O2. The highest BCUT2D eigenvalue weighted by Gasteiger charge is 2.57. The van der Waals surface area contributed by atoms with E-state index in [0.29, 0.717) is 18.8 Å². The highest BCUT2D eigenvalue weighted by molar-refractivity contribution is 5.88. The minimum Gasteiger partial charge on any atom is -0.381 e. The Morgan fingerprint density at radius 3 is 2.68 bits per heavy atom. The van der Waals surface area contributed by atoms with Crippen LogP contribution in [0, 0.1) is 17.3 Å². The summed E-state index contributed by atoms with van der Waals surface area (Å²) in [5.41, 5.74) is -1.40. The standard InChI is InChI=1S/C17H27FN2O2/c1-19-8-14(10-22-9-13-2-3-13)16(11-19)6-7-20(12-16)15(21)17(18)4-5-17/h13-14H,2-12H2,1H3/t14-,16+/m0/s1. The maximum absolute atomic E-state index is 14.1. The molecule has 4 nitrogen and oxygen atoms in total. The van der Waals surface area contributed by atoms with Gasteiger partial charge in [-0.25, -0.2) is 4.39 Å². The van der Waals surface area contributed by atoms with Crippen LogP contribution in [0.1, 0.15) is 32.1 Å². The molecular weight excluding hydrogens is 283 g/mol. The highest BCUT2D eigenvalue weighted by Crippen LogP contribution is 2.47. The molecule has 4 rings (SSSR count). The first-order valence-electron chi connectivity index (χ1n) is 8.75. The summed E-state index contributed by atoms with van der Waals surface area (Å²) >= 11 is 0. The normalized spacial score (nSPS) is 37.2. The number of hydrogen-bond acceptors (Lipinski definition) is 3. The number of rotatable bonds is 5. The van der Waals surface area contributed by atoms with E-state index in [-0.39, 0.29) is 11.3 Å². The van der Waals surface area contributed by atoms with Gasteiger partial charge in [0.05, 0.1) is 6.61 Å². The predicted molar refractivity (Wildman–Crippen MR) is 81.2 cm³/mol. The average molecular weight is 310 g/mol. The van der Waals surface area contributed by atoms with Crippen LogP contribution in [0.4, 0.5) is 4.39 Å². The van der Waals surface area contributed by atoms with Gasteiger partial charge in [0.1, 0.15) is 0 Å². The zero-order valence-electron chi connectivity index (χ0n) is 13.5. The molecule has 0 aromatic heterocycles. The molecule has 0 bridgehead atoms. The van der Waals surface area contributed by atoms with Crippen molar-refractivity contribution in [2.24, 2.45) is 17.3 Å². The van der Waals surface area contributed by atoms with Crippen LogP contribution < -0.4 is 0 Å². The Labute approximate surface area is 132 Å². The van der Waals surface area contributed by atoms with Crippen molar-refractivity contribution in [1.82, 2.24) is 9.80 Å². The van der Waals surface area contributed by atoms with Crippen molar-refractivity contribution >= 4 is 5.91 Å². The van der Waals surface area contributed by atoms with Gasteiger partial charge in [-0.15, -0.1) is 0 Å².